The van der Waals surface area contributed by atoms with Crippen molar-refractivity contribution in [2.75, 3.05) is 0 Å². The van der Waals surface area contributed by atoms with E-state index < -0.39 is 8.07 Å². The molecule has 1 unspecified atom stereocenters. The summed E-state index contributed by atoms with van der Waals surface area (Å²) in [5, 5.41) is 9.24. The maximum absolute atomic E-state index is 5.00. The molecule has 0 aliphatic heterocycles. The Hall–Kier alpha value is -6.30. The maximum Gasteiger partial charge on any atom is 0.179 e. The van der Waals surface area contributed by atoms with E-state index in [0.29, 0.717) is 17.8 Å². The van der Waals surface area contributed by atoms with E-state index in [9.17, 15) is 0 Å². The van der Waals surface area contributed by atoms with Gasteiger partial charge in [-0.05, 0) is 100 Å². The molecular formula is C55H52N4Si. The SMILES string of the molecule is CC(C)Cc1cc2c3c(n(-c4ccc([Si](c5ccccc5)(c5ccccc5)c5ccc(-n6c7ccccc7c7cc(CC(C)C)ncc76)cc5)cc4)c2cn1)CC(C)C=C3. The highest BCUT2D eigenvalue weighted by Crippen LogP contribution is 2.36. The second kappa shape index (κ2) is 15.4. The Kier molecular flexibility index (Phi) is 9.72. The van der Waals surface area contributed by atoms with Crippen molar-refractivity contribution in [3.63, 3.8) is 0 Å². The number of para-hydroxylation sites is 1. The van der Waals surface area contributed by atoms with E-state index in [4.69, 9.17) is 9.97 Å². The molecule has 60 heavy (non-hydrogen) atoms. The molecule has 0 saturated heterocycles. The van der Waals surface area contributed by atoms with Crippen molar-refractivity contribution in [3.05, 3.63) is 187 Å². The summed E-state index contributed by atoms with van der Waals surface area (Å²) < 4.78 is 4.87. The van der Waals surface area contributed by atoms with Crippen LogP contribution in [0.4, 0.5) is 0 Å². The van der Waals surface area contributed by atoms with Gasteiger partial charge in [0.1, 0.15) is 0 Å². The lowest BCUT2D eigenvalue weighted by Crippen LogP contribution is -2.74. The topological polar surface area (TPSA) is 35.6 Å². The fourth-order valence-electron chi connectivity index (χ4n) is 9.97. The van der Waals surface area contributed by atoms with Gasteiger partial charge in [0, 0.05) is 50.2 Å². The van der Waals surface area contributed by atoms with E-state index in [1.165, 1.54) is 64.9 Å². The molecule has 5 aromatic carbocycles. The van der Waals surface area contributed by atoms with Crippen molar-refractivity contribution in [2.24, 2.45) is 17.8 Å². The van der Waals surface area contributed by atoms with Gasteiger partial charge in [0.15, 0.2) is 8.07 Å². The Morgan fingerprint density at radius 2 is 1.02 bits per heavy atom. The first-order valence-electron chi connectivity index (χ1n) is 21.7. The Bertz CT molecular complexity index is 2970. The molecule has 0 spiro atoms. The number of fused-ring (bicyclic) bond motifs is 6. The highest BCUT2D eigenvalue weighted by atomic mass is 28.3. The van der Waals surface area contributed by atoms with Crippen LogP contribution in [0.5, 0.6) is 0 Å². The fourth-order valence-corrected chi connectivity index (χ4v) is 14.7. The number of pyridine rings is 2. The van der Waals surface area contributed by atoms with Gasteiger partial charge in [-0.1, -0.05) is 150 Å². The lowest BCUT2D eigenvalue weighted by atomic mass is 9.94. The summed E-state index contributed by atoms with van der Waals surface area (Å²) in [7, 11) is -2.82. The van der Waals surface area contributed by atoms with E-state index in [0.717, 1.165) is 41.9 Å². The molecular weight excluding hydrogens is 745 g/mol. The van der Waals surface area contributed by atoms with Crippen LogP contribution in [0.1, 0.15) is 57.3 Å². The number of rotatable bonds is 10. The molecule has 0 bridgehead atoms. The van der Waals surface area contributed by atoms with Crippen LogP contribution in [0.15, 0.2) is 164 Å². The number of allylic oxidation sites excluding steroid dienone is 1. The maximum atomic E-state index is 5.00. The van der Waals surface area contributed by atoms with E-state index in [2.05, 4.69) is 214 Å². The molecule has 4 nitrogen and oxygen atoms in total. The molecule has 4 heterocycles. The van der Waals surface area contributed by atoms with Gasteiger partial charge < -0.3 is 9.13 Å². The van der Waals surface area contributed by atoms with Crippen LogP contribution in [0.25, 0.3) is 50.2 Å². The Labute approximate surface area is 354 Å². The van der Waals surface area contributed by atoms with Gasteiger partial charge in [0.25, 0.3) is 0 Å². The molecule has 1 aliphatic carbocycles. The molecule has 0 amide bonds. The average molecular weight is 797 g/mol. The van der Waals surface area contributed by atoms with Gasteiger partial charge >= 0.3 is 0 Å². The van der Waals surface area contributed by atoms with E-state index >= 15 is 0 Å². The summed E-state index contributed by atoms with van der Waals surface area (Å²) in [6.45, 7) is 11.4. The standard InChI is InChI=1S/C55H52N4Si/c1-37(2)30-40-33-50-48-18-12-13-19-52(48)58(54(50)35-56-40)42-21-25-46(26-22-42)60(44-14-8-6-9-15-44,45-16-10-7-11-17-45)47-27-23-43(24-28-47)59-53-32-39(5)20-29-49(53)51-34-41(31-38(3)4)57-36-55(51)59/h6-29,33-39H,30-32H2,1-5H3. The monoisotopic (exact) mass is 796 g/mol. The summed E-state index contributed by atoms with van der Waals surface area (Å²) in [6.07, 6.45) is 11.9. The normalized spacial score (nSPS) is 14.2. The van der Waals surface area contributed by atoms with Crippen LogP contribution in [0, 0.1) is 17.8 Å². The number of hydrogen-bond acceptors (Lipinski definition) is 2. The van der Waals surface area contributed by atoms with Crippen LogP contribution in [0.3, 0.4) is 0 Å². The molecule has 1 atom stereocenters. The van der Waals surface area contributed by atoms with E-state index in [-0.39, 0.29) is 0 Å². The smallest absolute Gasteiger partial charge is 0.179 e. The second-order valence-electron chi connectivity index (χ2n) is 17.7. The quantitative estimate of drug-likeness (QED) is 0.102. The molecule has 1 aliphatic rings. The van der Waals surface area contributed by atoms with E-state index in [1.807, 2.05) is 0 Å². The summed E-state index contributed by atoms with van der Waals surface area (Å²) in [5.74, 6) is 1.58. The first-order chi connectivity index (χ1) is 29.3. The lowest BCUT2D eigenvalue weighted by Gasteiger charge is -2.34. The molecule has 9 aromatic rings. The summed E-state index contributed by atoms with van der Waals surface area (Å²) in [6, 6.07) is 54.9. The Morgan fingerprint density at radius 3 is 1.58 bits per heavy atom. The van der Waals surface area contributed by atoms with Crippen LogP contribution < -0.4 is 20.7 Å². The van der Waals surface area contributed by atoms with Crippen molar-refractivity contribution in [1.82, 2.24) is 19.1 Å². The predicted octanol–water partition coefficient (Wildman–Crippen LogP) is 10.5. The molecule has 5 heteroatoms. The van der Waals surface area contributed by atoms with Crippen molar-refractivity contribution in [1.29, 1.82) is 0 Å². The second-order valence-corrected chi connectivity index (χ2v) is 21.6. The zero-order valence-corrected chi connectivity index (χ0v) is 36.3. The number of nitrogens with zero attached hydrogens (tertiary/aromatic N) is 4. The predicted molar refractivity (Wildman–Crippen MR) is 256 cm³/mol. The first-order valence-corrected chi connectivity index (χ1v) is 23.7. The largest absolute Gasteiger partial charge is 0.311 e. The molecule has 4 aromatic heterocycles. The third-order valence-corrected chi connectivity index (χ3v) is 17.3. The van der Waals surface area contributed by atoms with Crippen LogP contribution in [0.2, 0.25) is 0 Å². The fraction of sp³-hybridized carbons (Fsp3) is 0.200. The van der Waals surface area contributed by atoms with Gasteiger partial charge in [-0.2, -0.15) is 0 Å². The lowest BCUT2D eigenvalue weighted by molar-refractivity contribution is 0.636. The van der Waals surface area contributed by atoms with Gasteiger partial charge in [0.05, 0.1) is 28.9 Å². The van der Waals surface area contributed by atoms with Crippen LogP contribution >= 0.6 is 0 Å². The summed E-state index contributed by atoms with van der Waals surface area (Å²) in [4.78, 5) is 9.97. The molecule has 0 saturated carbocycles. The van der Waals surface area contributed by atoms with Gasteiger partial charge in [-0.15, -0.1) is 0 Å². The van der Waals surface area contributed by atoms with Crippen LogP contribution in [-0.4, -0.2) is 27.2 Å². The van der Waals surface area contributed by atoms with Gasteiger partial charge in [-0.25, -0.2) is 0 Å². The van der Waals surface area contributed by atoms with Crippen molar-refractivity contribution < 1.29 is 0 Å². The van der Waals surface area contributed by atoms with Gasteiger partial charge in [0.2, 0.25) is 0 Å². The number of benzene rings is 5. The highest BCUT2D eigenvalue weighted by molar-refractivity contribution is 7.19. The molecule has 0 radical (unpaired) electrons. The van der Waals surface area contributed by atoms with Gasteiger partial charge in [-0.3, -0.25) is 9.97 Å². The minimum Gasteiger partial charge on any atom is -0.311 e. The molecule has 0 fully saturated rings. The average Bonchev–Trinajstić information content (AvgIpc) is 3.76. The third-order valence-electron chi connectivity index (χ3n) is 12.5. The van der Waals surface area contributed by atoms with Crippen molar-refractivity contribution in [2.45, 2.75) is 53.9 Å². The summed E-state index contributed by atoms with van der Waals surface area (Å²) in [5.41, 5.74) is 10.9. The number of hydrogen-bond donors (Lipinski definition) is 0. The van der Waals surface area contributed by atoms with Crippen molar-refractivity contribution >= 4 is 67.6 Å². The zero-order chi connectivity index (χ0) is 41.0. The number of aromatic nitrogens is 4. The Morgan fingerprint density at radius 1 is 0.533 bits per heavy atom. The van der Waals surface area contributed by atoms with Crippen LogP contribution in [-0.2, 0) is 19.3 Å². The minimum atomic E-state index is -2.82. The molecule has 0 N–H and O–H groups in total. The molecule has 296 valence electrons. The highest BCUT2D eigenvalue weighted by Gasteiger charge is 2.41. The molecule has 10 rings (SSSR count). The first kappa shape index (κ1) is 37.9. The Balaban J connectivity index is 1.14. The zero-order valence-electron chi connectivity index (χ0n) is 35.3. The summed E-state index contributed by atoms with van der Waals surface area (Å²) >= 11 is 0. The van der Waals surface area contributed by atoms with Crippen molar-refractivity contribution in [3.8, 4) is 11.4 Å². The van der Waals surface area contributed by atoms with E-state index in [1.54, 1.807) is 0 Å². The minimum absolute atomic E-state index is 0.475. The third kappa shape index (κ3) is 6.43.